The standard InChI is InChI=1S/C42H36Br4Si/c1-47(2,3)42(34-8-4-28(5-9-34)40(30-12-20-36(43)21-13-30)31-14-22-37(44)23-15-31)35-10-6-29(7-11-35)41(32-16-24-38(45)25-17-32)33-18-26-39(46)27-19-33/h4-27,40-42H,1-3H3. The molecule has 0 unspecified atom stereocenters. The smallest absolute Gasteiger partial charge is 0.0573 e. The summed E-state index contributed by atoms with van der Waals surface area (Å²) in [4.78, 5) is 0. The maximum Gasteiger partial charge on any atom is 0.0573 e. The van der Waals surface area contributed by atoms with Crippen LogP contribution in [-0.4, -0.2) is 8.07 Å². The highest BCUT2D eigenvalue weighted by Gasteiger charge is 2.30. The zero-order chi connectivity index (χ0) is 33.1. The summed E-state index contributed by atoms with van der Waals surface area (Å²) < 4.78 is 4.37. The van der Waals surface area contributed by atoms with E-state index in [1.807, 2.05) is 0 Å². The van der Waals surface area contributed by atoms with Crippen LogP contribution in [0.1, 0.15) is 61.9 Å². The molecule has 0 saturated heterocycles. The molecule has 0 aromatic heterocycles. The van der Waals surface area contributed by atoms with Gasteiger partial charge in [0.25, 0.3) is 0 Å². The Bertz CT molecular complexity index is 1680. The molecule has 0 aliphatic heterocycles. The zero-order valence-electron chi connectivity index (χ0n) is 26.6. The predicted molar refractivity (Wildman–Crippen MR) is 217 cm³/mol. The lowest BCUT2D eigenvalue weighted by molar-refractivity contribution is 0.963. The lowest BCUT2D eigenvalue weighted by atomic mass is 9.84. The van der Waals surface area contributed by atoms with Gasteiger partial charge in [0.1, 0.15) is 0 Å². The van der Waals surface area contributed by atoms with Crippen molar-refractivity contribution in [2.45, 2.75) is 37.0 Å². The fraction of sp³-hybridized carbons (Fsp3) is 0.143. The molecule has 47 heavy (non-hydrogen) atoms. The van der Waals surface area contributed by atoms with Crippen LogP contribution in [0.3, 0.4) is 0 Å². The Hall–Kier alpha value is -2.54. The monoisotopic (exact) mass is 884 g/mol. The fourth-order valence-corrected chi connectivity index (χ4v) is 10.2. The van der Waals surface area contributed by atoms with E-state index < -0.39 is 8.07 Å². The van der Waals surface area contributed by atoms with E-state index in [2.05, 4.69) is 229 Å². The summed E-state index contributed by atoms with van der Waals surface area (Å²) in [7, 11) is -1.66. The van der Waals surface area contributed by atoms with Crippen LogP contribution in [0.4, 0.5) is 0 Å². The molecule has 0 saturated carbocycles. The summed E-state index contributed by atoms with van der Waals surface area (Å²) >= 11 is 14.5. The highest BCUT2D eigenvalue weighted by molar-refractivity contribution is 9.11. The Morgan fingerprint density at radius 3 is 0.660 bits per heavy atom. The molecule has 0 aliphatic carbocycles. The lowest BCUT2D eigenvalue weighted by Crippen LogP contribution is -2.32. The number of halogens is 4. The van der Waals surface area contributed by atoms with Gasteiger partial charge >= 0.3 is 0 Å². The van der Waals surface area contributed by atoms with Crippen LogP contribution in [0, 0.1) is 0 Å². The molecule has 0 bridgehead atoms. The Morgan fingerprint density at radius 2 is 0.468 bits per heavy atom. The van der Waals surface area contributed by atoms with Crippen LogP contribution < -0.4 is 0 Å². The van der Waals surface area contributed by atoms with Crippen LogP contribution in [0.25, 0.3) is 0 Å². The molecular formula is C42H36Br4Si. The van der Waals surface area contributed by atoms with E-state index in [1.165, 1.54) is 44.5 Å². The van der Waals surface area contributed by atoms with Gasteiger partial charge in [-0.2, -0.15) is 0 Å². The highest BCUT2D eigenvalue weighted by atomic mass is 79.9. The Morgan fingerprint density at radius 1 is 0.298 bits per heavy atom. The number of benzene rings is 6. The van der Waals surface area contributed by atoms with Gasteiger partial charge in [-0.25, -0.2) is 0 Å². The van der Waals surface area contributed by atoms with Gasteiger partial charge in [-0.05, 0) is 93.0 Å². The molecule has 0 nitrogen and oxygen atoms in total. The minimum absolute atomic E-state index is 0.156. The first-order valence-corrected chi connectivity index (χ1v) is 22.5. The molecule has 0 aliphatic rings. The first-order valence-electron chi connectivity index (χ1n) is 15.8. The van der Waals surface area contributed by atoms with Crippen LogP contribution in [0.5, 0.6) is 0 Å². The van der Waals surface area contributed by atoms with Gasteiger partial charge in [-0.3, -0.25) is 0 Å². The SMILES string of the molecule is C[Si](C)(C)C(c1ccc(C(c2ccc(Br)cc2)c2ccc(Br)cc2)cc1)c1ccc(C(c2ccc(Br)cc2)c2ccc(Br)cc2)cc1. The van der Waals surface area contributed by atoms with Crippen LogP contribution in [0.2, 0.25) is 19.6 Å². The molecular weight excluding hydrogens is 852 g/mol. The van der Waals surface area contributed by atoms with Gasteiger partial charge in [0.15, 0.2) is 0 Å². The topological polar surface area (TPSA) is 0 Å². The lowest BCUT2D eigenvalue weighted by Gasteiger charge is -2.31. The average Bonchev–Trinajstić information content (AvgIpc) is 3.06. The maximum absolute atomic E-state index is 3.62. The molecule has 0 N–H and O–H groups in total. The first kappa shape index (κ1) is 34.3. The third-order valence-corrected chi connectivity index (χ3v) is 13.4. The van der Waals surface area contributed by atoms with E-state index in [0.29, 0.717) is 5.54 Å². The number of rotatable bonds is 9. The normalized spacial score (nSPS) is 11.9. The van der Waals surface area contributed by atoms with Crippen molar-refractivity contribution in [1.82, 2.24) is 0 Å². The summed E-state index contributed by atoms with van der Waals surface area (Å²) in [6, 6.07) is 53.8. The molecule has 0 amide bonds. The summed E-state index contributed by atoms with van der Waals surface area (Å²) in [5.74, 6) is 0.313. The van der Waals surface area contributed by atoms with Gasteiger partial charge in [-0.15, -0.1) is 0 Å². The second kappa shape index (κ2) is 14.9. The van der Waals surface area contributed by atoms with Gasteiger partial charge in [0.05, 0.1) is 8.07 Å². The molecule has 0 spiro atoms. The molecule has 6 rings (SSSR count). The summed E-state index contributed by atoms with van der Waals surface area (Å²) in [5.41, 5.74) is 10.9. The van der Waals surface area contributed by atoms with Gasteiger partial charge in [-0.1, -0.05) is 180 Å². The molecule has 0 atom stereocenters. The Kier molecular flexibility index (Phi) is 10.9. The zero-order valence-corrected chi connectivity index (χ0v) is 33.9. The third-order valence-electron chi connectivity index (χ3n) is 8.89. The van der Waals surface area contributed by atoms with E-state index in [0.717, 1.165) is 17.9 Å². The molecule has 0 radical (unpaired) electrons. The summed E-state index contributed by atoms with van der Waals surface area (Å²) in [6.07, 6.45) is 0. The largest absolute Gasteiger partial charge is 0.0688 e. The van der Waals surface area contributed by atoms with E-state index >= 15 is 0 Å². The van der Waals surface area contributed by atoms with Gasteiger partial charge in [0, 0.05) is 35.3 Å². The predicted octanol–water partition coefficient (Wildman–Crippen LogP) is 14.1. The second-order valence-electron chi connectivity index (χ2n) is 13.2. The number of hydrogen-bond donors (Lipinski definition) is 0. The molecule has 0 heterocycles. The van der Waals surface area contributed by atoms with Crippen molar-refractivity contribution < 1.29 is 0 Å². The molecule has 6 aromatic carbocycles. The van der Waals surface area contributed by atoms with Crippen molar-refractivity contribution in [3.63, 3.8) is 0 Å². The molecule has 0 fully saturated rings. The van der Waals surface area contributed by atoms with Gasteiger partial charge < -0.3 is 0 Å². The minimum atomic E-state index is -1.66. The molecule has 6 aromatic rings. The summed E-state index contributed by atoms with van der Waals surface area (Å²) in [5, 5.41) is 0. The number of hydrogen-bond acceptors (Lipinski definition) is 0. The van der Waals surface area contributed by atoms with Crippen molar-refractivity contribution in [1.29, 1.82) is 0 Å². The van der Waals surface area contributed by atoms with Crippen LogP contribution in [-0.2, 0) is 0 Å². The second-order valence-corrected chi connectivity index (χ2v) is 22.2. The van der Waals surface area contributed by atoms with E-state index in [1.54, 1.807) is 0 Å². The Labute approximate surface area is 314 Å². The molecule has 236 valence electrons. The third kappa shape index (κ3) is 8.20. The van der Waals surface area contributed by atoms with Crippen molar-refractivity contribution in [3.8, 4) is 0 Å². The minimum Gasteiger partial charge on any atom is -0.0688 e. The van der Waals surface area contributed by atoms with Crippen LogP contribution >= 0.6 is 63.7 Å². The van der Waals surface area contributed by atoms with Crippen molar-refractivity contribution in [2.24, 2.45) is 0 Å². The Balaban J connectivity index is 1.35. The highest BCUT2D eigenvalue weighted by Crippen LogP contribution is 2.39. The first-order chi connectivity index (χ1) is 22.6. The fourth-order valence-electron chi connectivity index (χ4n) is 6.73. The van der Waals surface area contributed by atoms with Crippen molar-refractivity contribution in [3.05, 3.63) is 208 Å². The summed E-state index contributed by atoms with van der Waals surface area (Å²) in [6.45, 7) is 7.45. The van der Waals surface area contributed by atoms with Crippen LogP contribution in [0.15, 0.2) is 163 Å². The van der Waals surface area contributed by atoms with E-state index in [-0.39, 0.29) is 11.8 Å². The quantitative estimate of drug-likeness (QED) is 0.100. The van der Waals surface area contributed by atoms with E-state index in [4.69, 9.17) is 0 Å². The van der Waals surface area contributed by atoms with Crippen molar-refractivity contribution >= 4 is 71.8 Å². The van der Waals surface area contributed by atoms with Crippen molar-refractivity contribution in [2.75, 3.05) is 0 Å². The van der Waals surface area contributed by atoms with E-state index in [9.17, 15) is 0 Å². The maximum atomic E-state index is 3.62. The van der Waals surface area contributed by atoms with Gasteiger partial charge in [0.2, 0.25) is 0 Å². The molecule has 5 heteroatoms. The average molecular weight is 888 g/mol.